The third-order valence-corrected chi connectivity index (χ3v) is 19.7. The van der Waals surface area contributed by atoms with E-state index in [9.17, 15) is 90.0 Å². The molecule has 111 heavy (non-hydrogen) atoms. The Morgan fingerprint density at radius 1 is 0.721 bits per heavy atom. The van der Waals surface area contributed by atoms with Gasteiger partial charge in [-0.1, -0.05) is 54.6 Å². The van der Waals surface area contributed by atoms with Crippen molar-refractivity contribution in [1.82, 2.24) is 44.5 Å². The fourth-order valence-corrected chi connectivity index (χ4v) is 13.6. The minimum Gasteiger partial charge on any atom is -0.480 e. The van der Waals surface area contributed by atoms with Gasteiger partial charge in [0.15, 0.2) is 44.0 Å². The number of carbonyl (C=O) groups is 6. The van der Waals surface area contributed by atoms with E-state index < -0.39 is 120 Å². The quantitative estimate of drug-likeness (QED) is 0.00905. The fourth-order valence-electron chi connectivity index (χ4n) is 9.45. The third kappa shape index (κ3) is 26.0. The number of sulfonamides is 1. The molecule has 0 spiro atoms. The number of methoxy groups -OCH3 is 2. The minimum atomic E-state index is -4.76. The predicted molar refractivity (Wildman–Crippen MR) is 396 cm³/mol. The van der Waals surface area contributed by atoms with Crippen molar-refractivity contribution < 1.29 is 134 Å². The first-order valence-corrected chi connectivity index (χ1v) is 38.5. The number of esters is 2. The molecule has 5 aromatic heterocycles. The van der Waals surface area contributed by atoms with Crippen LogP contribution in [0.3, 0.4) is 0 Å². The maximum Gasteiger partial charge on any atom is 1.00 e. The van der Waals surface area contributed by atoms with E-state index in [1.54, 1.807) is 18.3 Å². The first-order chi connectivity index (χ1) is 51.0. The van der Waals surface area contributed by atoms with Gasteiger partial charge in [-0.3, -0.25) is 48.5 Å². The number of carbonyl (C=O) groups excluding carboxylic acids is 5. The summed E-state index contributed by atoms with van der Waals surface area (Å²) >= 11 is 19.0. The van der Waals surface area contributed by atoms with Crippen LogP contribution in [0, 0.1) is 24.3 Å². The summed E-state index contributed by atoms with van der Waals surface area (Å²) in [5.41, 5.74) is 0.502. The Hall–Kier alpha value is -9.08. The molecule has 0 fully saturated rings. The molecule has 0 aliphatic carbocycles. The Kier molecular flexibility index (Phi) is 33.9. The number of aromatic nitrogens is 9. The Morgan fingerprint density at radius 3 is 1.70 bits per heavy atom. The molecule has 9 aromatic rings. The van der Waals surface area contributed by atoms with E-state index in [1.165, 1.54) is 66.2 Å². The van der Waals surface area contributed by atoms with Gasteiger partial charge in [0.25, 0.3) is 11.1 Å². The van der Waals surface area contributed by atoms with E-state index in [-0.39, 0.29) is 116 Å². The minimum absolute atomic E-state index is 0. The number of nitrogens with zero attached hydrogens (tertiary/aromatic N) is 8. The van der Waals surface area contributed by atoms with Crippen LogP contribution in [0.1, 0.15) is 121 Å². The van der Waals surface area contributed by atoms with E-state index in [0.717, 1.165) is 59.7 Å². The summed E-state index contributed by atoms with van der Waals surface area (Å²) in [7, 11) is -7.62. The summed E-state index contributed by atoms with van der Waals surface area (Å²) in [5.74, 6) is -3.88. The Morgan fingerprint density at radius 2 is 1.24 bits per heavy atom. The van der Waals surface area contributed by atoms with Gasteiger partial charge in [-0.25, -0.2) is 49.6 Å². The summed E-state index contributed by atoms with van der Waals surface area (Å²) in [6.07, 6.45) is -2.30. The molecular formula is C66H65Cl3F6IN12NaO19S3. The van der Waals surface area contributed by atoms with Crippen LogP contribution in [0.25, 0.3) is 15.6 Å². The largest absolute Gasteiger partial charge is 1.00 e. The zero-order valence-electron chi connectivity index (χ0n) is 60.2. The monoisotopic (exact) mass is 1790 g/mol. The average Bonchev–Trinajstić information content (AvgIpc) is 1.75. The van der Waals surface area contributed by atoms with Crippen molar-refractivity contribution in [3.8, 4) is 11.8 Å². The van der Waals surface area contributed by atoms with Crippen molar-refractivity contribution in [3.05, 3.63) is 197 Å². The average molecular weight is 1800 g/mol. The van der Waals surface area contributed by atoms with Crippen molar-refractivity contribution in [3.63, 3.8) is 0 Å². The number of unbranched alkanes of at least 4 members (excludes halogenated alkanes) is 2. The summed E-state index contributed by atoms with van der Waals surface area (Å²) < 4.78 is 175. The van der Waals surface area contributed by atoms with Crippen molar-refractivity contribution in [2.24, 2.45) is 14.1 Å². The number of aromatic amines is 2. The molecule has 1 atom stereocenters. The summed E-state index contributed by atoms with van der Waals surface area (Å²) in [4.78, 5) is 112. The number of ether oxygens (including phenoxy) is 4. The second-order valence-corrected chi connectivity index (χ2v) is 30.9. The van der Waals surface area contributed by atoms with E-state index in [1.807, 2.05) is 41.6 Å². The van der Waals surface area contributed by atoms with E-state index >= 15 is 0 Å². The number of hydrogen-bond acceptors (Lipinski definition) is 24. The summed E-state index contributed by atoms with van der Waals surface area (Å²) in [6, 6.07) is 14.6. The van der Waals surface area contributed by atoms with Gasteiger partial charge in [0, 0.05) is 64.3 Å². The molecule has 45 heteroatoms. The molecular weight excluding hydrogens is 1730 g/mol. The molecule has 1 unspecified atom stereocenters. The number of nitrogen functional groups attached to an aromatic ring is 1. The van der Waals surface area contributed by atoms with Gasteiger partial charge in [-0.05, 0) is 148 Å². The van der Waals surface area contributed by atoms with Crippen LogP contribution in [0.15, 0.2) is 115 Å². The van der Waals surface area contributed by atoms with Gasteiger partial charge >= 0.3 is 65.8 Å². The molecule has 0 radical (unpaired) electrons. The molecule has 0 aliphatic rings. The molecule has 5 heterocycles. The van der Waals surface area contributed by atoms with Gasteiger partial charge in [0.2, 0.25) is 21.6 Å². The maximum atomic E-state index is 12.8. The van der Waals surface area contributed by atoms with E-state index in [2.05, 4.69) is 56.8 Å². The Bertz CT molecular complexity index is 5340. The number of amides is 2. The molecule has 4 aromatic carbocycles. The van der Waals surface area contributed by atoms with Crippen molar-refractivity contribution >= 4 is 145 Å². The van der Waals surface area contributed by atoms with E-state index in [0.29, 0.717) is 56.6 Å². The number of carboxylic acids is 1. The van der Waals surface area contributed by atoms with Gasteiger partial charge in [0.1, 0.15) is 33.4 Å². The molecule has 2 amide bonds. The topological polar surface area (TPSA) is 454 Å². The number of benzene rings is 4. The van der Waals surface area contributed by atoms with Crippen molar-refractivity contribution in [1.29, 1.82) is 0 Å². The molecule has 9 rings (SSSR count). The zero-order chi connectivity index (χ0) is 83.0. The molecule has 592 valence electrons. The molecule has 6 N–H and O–H groups in total. The van der Waals surface area contributed by atoms with Crippen LogP contribution in [-0.4, -0.2) is 150 Å². The second-order valence-electron chi connectivity index (χ2n) is 22.9. The number of urea groups is 1. The number of pyridine rings is 2. The van der Waals surface area contributed by atoms with Crippen LogP contribution < -0.4 is 61.2 Å². The smallest absolute Gasteiger partial charge is 0.480 e. The number of nitrogens with one attached hydrogen (secondary N) is 3. The number of aryl methyl sites for hydroxylation is 5. The van der Waals surface area contributed by atoms with Crippen molar-refractivity contribution in [2.45, 2.75) is 93.4 Å². The maximum absolute atomic E-state index is 12.8. The SMILES string of the molecule is CCCCCC(C)OC(=O)COc1ccc(Cl)c2cccnc12.COC(=O)c1ccc(I)cc1S(=O)(=O)[N-]C(=O)Nc1nc(C)nc(OC)n1.Cc1[nH]n(C)c(=O)c1C(=O)c1ccc(C(F)(F)F)cc1S(C)(=O)=O.Cc1[nH]n(C)c(=O)c1C(=O)c1ccc(C(F)(F)F)cc1S(C)(=O)=O.Nc1cc(Cl)nc(C(=O)O)c1Cl.[Na+]. The first-order valence-electron chi connectivity index (χ1n) is 31.0. The number of fused-ring (bicyclic) bond motifs is 1. The number of anilines is 2. The molecule has 0 saturated carbocycles. The predicted octanol–water partition coefficient (Wildman–Crippen LogP) is 8.68. The number of rotatable bonds is 20. The summed E-state index contributed by atoms with van der Waals surface area (Å²) in [6.45, 7) is 8.31. The Balaban J connectivity index is 0.000000297. The third-order valence-electron chi connectivity index (χ3n) is 14.5. The fraction of sp³-hybridized carbons (Fsp3) is 0.288. The van der Waals surface area contributed by atoms with Gasteiger partial charge in [-0.15, -0.1) is 0 Å². The molecule has 0 aliphatic heterocycles. The van der Waals surface area contributed by atoms with Gasteiger partial charge < -0.3 is 39.8 Å². The number of nitrogens with two attached hydrogens (primary N) is 1. The number of aromatic carboxylic acids is 1. The first kappa shape index (κ1) is 94.3. The summed E-state index contributed by atoms with van der Waals surface area (Å²) in [5, 5.41) is 17.1. The van der Waals surface area contributed by atoms with Crippen LogP contribution in [-0.2, 0) is 70.4 Å². The van der Waals surface area contributed by atoms with Gasteiger partial charge in [0.05, 0.1) is 67.4 Å². The number of H-pyrrole nitrogens is 2. The second kappa shape index (κ2) is 39.9. The number of halogens is 10. The number of carboxylic acid groups (broad SMARTS) is 1. The van der Waals surface area contributed by atoms with E-state index in [4.69, 9.17) is 59.9 Å². The number of sulfone groups is 2. The molecule has 0 bridgehead atoms. The van der Waals surface area contributed by atoms with Crippen LogP contribution >= 0.6 is 57.4 Å². The number of ketones is 2. The normalized spacial score (nSPS) is 11.6. The van der Waals surface area contributed by atoms with Crippen LogP contribution in [0.4, 0.5) is 42.8 Å². The van der Waals surface area contributed by atoms with Crippen molar-refractivity contribution in [2.75, 3.05) is 44.4 Å². The zero-order valence-corrected chi connectivity index (χ0v) is 69.1. The van der Waals surface area contributed by atoms with Gasteiger partial charge in [-0.2, -0.15) is 36.3 Å². The number of alkyl halides is 6. The van der Waals surface area contributed by atoms with Crippen LogP contribution in [0.2, 0.25) is 15.2 Å². The molecule has 31 nitrogen and oxygen atoms in total. The molecule has 0 saturated heterocycles. The number of hydrogen-bond donors (Lipinski definition) is 5. The standard InChI is InChI=1S/C18H22ClNO3.2C14H13F3N2O4S.C14H14IN5O6S.C6H4Cl2N2O2.Na/c1-3-4-5-7-13(2)23-17(21)12-22-16-10-9-15(19)14-8-6-11-20-18(14)16;2*1-7-11(13(21)19(2)18-7)12(20)9-5-4-8(14(15,16)17)6-10(9)24(3,22)23;1-7-16-12(19-14(17-7)26-3)18-13(22)20-27(23,24)10-6-8(15)4-5-9(10)11(21)25-2;7-3-1-2(9)4(8)5(10-3)6(11)12;/h6,8-11,13H,3-5,7,12H2,1-2H3;2*4-6,18H,1-3H3;4-6H,1-3H3,(H2,16,17,18,19,20,22);1H,(H2,9,10)(H,11,12);/q;;;;;+1/p-1. The Labute approximate surface area is 679 Å². The van der Waals surface area contributed by atoms with Crippen LogP contribution in [0.5, 0.6) is 11.8 Å².